The van der Waals surface area contributed by atoms with E-state index in [4.69, 9.17) is 5.73 Å². The molecule has 0 spiro atoms. The fourth-order valence-corrected chi connectivity index (χ4v) is 6.39. The van der Waals surface area contributed by atoms with Crippen LogP contribution in [0.1, 0.15) is 11.1 Å². The van der Waals surface area contributed by atoms with Crippen LogP contribution in [0.4, 0.5) is 0 Å². The van der Waals surface area contributed by atoms with Crippen molar-refractivity contribution in [2.75, 3.05) is 0 Å². The van der Waals surface area contributed by atoms with Gasteiger partial charge in [0, 0.05) is 0 Å². The van der Waals surface area contributed by atoms with Crippen molar-refractivity contribution in [3.05, 3.63) is 132 Å². The molecule has 27 heavy (non-hydrogen) atoms. The van der Waals surface area contributed by atoms with Crippen molar-refractivity contribution in [2.45, 2.75) is 5.28 Å². The van der Waals surface area contributed by atoms with E-state index in [1.54, 1.807) is 0 Å². The lowest BCUT2D eigenvalue weighted by Crippen LogP contribution is -2.41. The summed E-state index contributed by atoms with van der Waals surface area (Å²) in [6.45, 7) is 0. The van der Waals surface area contributed by atoms with E-state index in [1.165, 1.54) is 10.6 Å². The molecule has 2 N–H and O–H groups in total. The Morgan fingerprint density at radius 1 is 0.444 bits per heavy atom. The third-order valence-corrected chi connectivity index (χ3v) is 7.66. The summed E-state index contributed by atoms with van der Waals surface area (Å²) in [5, 5.41) is 1.92. The van der Waals surface area contributed by atoms with Gasteiger partial charge in [-0.05, 0) is 29.7 Å². The highest BCUT2D eigenvalue weighted by molar-refractivity contribution is 7.74. The SMILES string of the molecule is NC(c1ccccc1)(c1ccccc1)P(c1ccccc1)c1ccccc1. The molecule has 1 nitrogen and oxygen atoms in total. The molecule has 0 aliphatic carbocycles. The molecule has 0 amide bonds. The normalized spacial score (nSPS) is 11.5. The number of hydrogen-bond donors (Lipinski definition) is 1. The summed E-state index contributed by atoms with van der Waals surface area (Å²) in [4.78, 5) is 0. The molecular weight excluding hydrogens is 345 g/mol. The Balaban J connectivity index is 2.01. The fraction of sp³-hybridized carbons (Fsp3) is 0.0400. The molecule has 132 valence electrons. The van der Waals surface area contributed by atoms with Crippen molar-refractivity contribution in [1.29, 1.82) is 0 Å². The van der Waals surface area contributed by atoms with Crippen molar-refractivity contribution in [3.63, 3.8) is 0 Å². The van der Waals surface area contributed by atoms with E-state index in [2.05, 4.69) is 109 Å². The first-order chi connectivity index (χ1) is 13.3. The van der Waals surface area contributed by atoms with Crippen molar-refractivity contribution >= 4 is 18.5 Å². The van der Waals surface area contributed by atoms with Crippen LogP contribution in [0.5, 0.6) is 0 Å². The van der Waals surface area contributed by atoms with Crippen molar-refractivity contribution < 1.29 is 0 Å². The Morgan fingerprint density at radius 3 is 1.07 bits per heavy atom. The van der Waals surface area contributed by atoms with Crippen LogP contribution in [0, 0.1) is 0 Å². The Morgan fingerprint density at radius 2 is 0.741 bits per heavy atom. The molecule has 0 radical (unpaired) electrons. The minimum Gasteiger partial charge on any atom is -0.314 e. The molecule has 0 aromatic heterocycles. The van der Waals surface area contributed by atoms with Gasteiger partial charge in [0.05, 0.1) is 5.28 Å². The summed E-state index contributed by atoms with van der Waals surface area (Å²) in [6.07, 6.45) is 0. The maximum Gasteiger partial charge on any atom is 0.0947 e. The molecule has 0 heterocycles. The molecule has 0 aliphatic rings. The van der Waals surface area contributed by atoms with Gasteiger partial charge in [-0.2, -0.15) is 0 Å². The minimum absolute atomic E-state index is 0.624. The van der Waals surface area contributed by atoms with Crippen LogP contribution >= 0.6 is 7.92 Å². The van der Waals surface area contributed by atoms with E-state index in [9.17, 15) is 0 Å². The Bertz CT molecular complexity index is 891. The molecule has 0 bridgehead atoms. The second kappa shape index (κ2) is 7.88. The van der Waals surface area contributed by atoms with Gasteiger partial charge in [0.25, 0.3) is 0 Å². The van der Waals surface area contributed by atoms with Crippen molar-refractivity contribution in [2.24, 2.45) is 5.73 Å². The second-order valence-electron chi connectivity index (χ2n) is 6.50. The third-order valence-electron chi connectivity index (χ3n) is 4.81. The number of benzene rings is 4. The standard InChI is InChI=1S/C25H22NP/c26-25(21-13-5-1-6-14-21,22-15-7-2-8-16-22)27(23-17-9-3-10-18-23)24-19-11-4-12-20-24/h1-20H,26H2. The zero-order valence-corrected chi connectivity index (χ0v) is 16.0. The number of hydrogen-bond acceptors (Lipinski definition) is 1. The molecule has 0 fully saturated rings. The molecule has 0 saturated carbocycles. The highest BCUT2D eigenvalue weighted by Gasteiger charge is 2.40. The molecular formula is C25H22NP. The van der Waals surface area contributed by atoms with Gasteiger partial charge in [-0.15, -0.1) is 0 Å². The van der Waals surface area contributed by atoms with Gasteiger partial charge >= 0.3 is 0 Å². The smallest absolute Gasteiger partial charge is 0.0947 e. The van der Waals surface area contributed by atoms with Gasteiger partial charge in [0.2, 0.25) is 0 Å². The molecule has 0 atom stereocenters. The summed E-state index contributed by atoms with van der Waals surface area (Å²) in [5.74, 6) is 0. The third kappa shape index (κ3) is 3.45. The average molecular weight is 367 g/mol. The first-order valence-corrected chi connectivity index (χ1v) is 10.4. The molecule has 0 unspecified atom stereocenters. The van der Waals surface area contributed by atoms with E-state index < -0.39 is 13.2 Å². The van der Waals surface area contributed by atoms with E-state index in [1.807, 2.05) is 12.1 Å². The average Bonchev–Trinajstić information content (AvgIpc) is 2.76. The Hall–Kier alpha value is -2.73. The van der Waals surface area contributed by atoms with Crippen LogP contribution in [0.3, 0.4) is 0 Å². The van der Waals surface area contributed by atoms with E-state index in [-0.39, 0.29) is 0 Å². The predicted octanol–water partition coefficient (Wildman–Crippen LogP) is 4.98. The van der Waals surface area contributed by atoms with Gasteiger partial charge in [0.1, 0.15) is 0 Å². The molecule has 0 aliphatic heterocycles. The summed E-state index contributed by atoms with van der Waals surface area (Å²) < 4.78 is 0. The summed E-state index contributed by atoms with van der Waals surface area (Å²) in [6, 6.07) is 42.3. The van der Waals surface area contributed by atoms with E-state index >= 15 is 0 Å². The quantitative estimate of drug-likeness (QED) is 0.495. The maximum absolute atomic E-state index is 7.38. The first-order valence-electron chi connectivity index (χ1n) is 9.10. The second-order valence-corrected chi connectivity index (χ2v) is 8.91. The summed E-state index contributed by atoms with van der Waals surface area (Å²) >= 11 is 0. The lowest BCUT2D eigenvalue weighted by Gasteiger charge is -2.39. The maximum atomic E-state index is 7.38. The Labute approximate surface area is 162 Å². The summed E-state index contributed by atoms with van der Waals surface area (Å²) in [5.41, 5.74) is 9.65. The Kier molecular flexibility index (Phi) is 5.16. The minimum atomic E-state index is -0.871. The van der Waals surface area contributed by atoms with Crippen LogP contribution < -0.4 is 16.3 Å². The van der Waals surface area contributed by atoms with Crippen LogP contribution in [-0.4, -0.2) is 0 Å². The van der Waals surface area contributed by atoms with Crippen LogP contribution in [-0.2, 0) is 5.28 Å². The zero-order valence-electron chi connectivity index (χ0n) is 15.1. The number of rotatable bonds is 5. The molecule has 4 aromatic carbocycles. The molecule has 2 heteroatoms. The topological polar surface area (TPSA) is 26.0 Å². The monoisotopic (exact) mass is 367 g/mol. The van der Waals surface area contributed by atoms with Gasteiger partial charge in [0.15, 0.2) is 0 Å². The van der Waals surface area contributed by atoms with Gasteiger partial charge in [-0.3, -0.25) is 0 Å². The lowest BCUT2D eigenvalue weighted by molar-refractivity contribution is 0.781. The van der Waals surface area contributed by atoms with Crippen LogP contribution in [0.25, 0.3) is 0 Å². The van der Waals surface area contributed by atoms with Crippen LogP contribution in [0.15, 0.2) is 121 Å². The predicted molar refractivity (Wildman–Crippen MR) is 117 cm³/mol. The molecule has 4 aromatic rings. The van der Waals surface area contributed by atoms with Gasteiger partial charge in [-0.1, -0.05) is 121 Å². The number of nitrogens with two attached hydrogens (primary N) is 1. The summed E-state index contributed by atoms with van der Waals surface area (Å²) in [7, 11) is -0.871. The highest BCUT2D eigenvalue weighted by Crippen LogP contribution is 2.54. The molecule has 0 saturated heterocycles. The lowest BCUT2D eigenvalue weighted by atomic mass is 9.99. The molecule has 4 rings (SSSR count). The zero-order chi connectivity index (χ0) is 18.5. The van der Waals surface area contributed by atoms with E-state index in [0.717, 1.165) is 11.1 Å². The first kappa shape index (κ1) is 17.7. The van der Waals surface area contributed by atoms with Crippen molar-refractivity contribution in [3.8, 4) is 0 Å². The van der Waals surface area contributed by atoms with Crippen LogP contribution in [0.2, 0.25) is 0 Å². The van der Waals surface area contributed by atoms with Crippen molar-refractivity contribution in [1.82, 2.24) is 0 Å². The van der Waals surface area contributed by atoms with Gasteiger partial charge < -0.3 is 5.73 Å². The fourth-order valence-electron chi connectivity index (χ4n) is 3.52. The largest absolute Gasteiger partial charge is 0.314 e. The highest BCUT2D eigenvalue weighted by atomic mass is 31.1. The van der Waals surface area contributed by atoms with Gasteiger partial charge in [-0.25, -0.2) is 0 Å². The van der Waals surface area contributed by atoms with E-state index in [0.29, 0.717) is 0 Å².